The van der Waals surface area contributed by atoms with Crippen molar-refractivity contribution in [1.82, 2.24) is 10.2 Å². The minimum atomic E-state index is 0.123. The Morgan fingerprint density at radius 1 is 1.38 bits per heavy atom. The molecule has 0 saturated heterocycles. The van der Waals surface area contributed by atoms with Crippen LogP contribution >= 0.6 is 0 Å². The van der Waals surface area contributed by atoms with Crippen LogP contribution in [0, 0.1) is 0 Å². The van der Waals surface area contributed by atoms with Crippen LogP contribution in [-0.2, 0) is 0 Å². The van der Waals surface area contributed by atoms with Gasteiger partial charge in [-0.1, -0.05) is 30.0 Å². The number of nitrogens with zero attached hydrogens (tertiary/aromatic N) is 3. The van der Waals surface area contributed by atoms with Crippen molar-refractivity contribution in [1.29, 1.82) is 0 Å². The molecule has 0 aliphatic carbocycles. The van der Waals surface area contributed by atoms with Gasteiger partial charge >= 0.3 is 12.0 Å². The van der Waals surface area contributed by atoms with Crippen molar-refractivity contribution in [2.45, 2.75) is 26.2 Å². The van der Waals surface area contributed by atoms with Gasteiger partial charge in [-0.05, 0) is 6.42 Å². The minimum Gasteiger partial charge on any atom is -0.390 e. The molecule has 0 amide bonds. The van der Waals surface area contributed by atoms with Crippen LogP contribution in [0.4, 0.5) is 12.0 Å². The molecule has 1 aromatic heterocycles. The zero-order valence-electron chi connectivity index (χ0n) is 8.16. The number of rotatable bonds is 5. The Morgan fingerprint density at radius 2 is 2.15 bits per heavy atom. The molecule has 74 valence electrons. The smallest absolute Gasteiger partial charge is 0.319 e. The highest BCUT2D eigenvalue weighted by Gasteiger charge is 2.07. The van der Waals surface area contributed by atoms with Crippen LogP contribution in [0.15, 0.2) is 4.42 Å². The molecule has 1 rings (SSSR count). The van der Waals surface area contributed by atoms with E-state index in [0.717, 1.165) is 13.0 Å². The molecule has 0 saturated carbocycles. The normalized spacial score (nSPS) is 10.3. The van der Waals surface area contributed by atoms with E-state index >= 15 is 0 Å². The van der Waals surface area contributed by atoms with E-state index in [0.29, 0.717) is 6.01 Å². The third-order valence-electron chi connectivity index (χ3n) is 1.85. The molecule has 5 heteroatoms. The van der Waals surface area contributed by atoms with Crippen molar-refractivity contribution in [2.75, 3.05) is 24.2 Å². The van der Waals surface area contributed by atoms with Gasteiger partial charge in [-0.25, -0.2) is 0 Å². The monoisotopic (exact) mass is 184 g/mol. The number of anilines is 2. The van der Waals surface area contributed by atoms with E-state index in [2.05, 4.69) is 17.1 Å². The summed E-state index contributed by atoms with van der Waals surface area (Å²) in [4.78, 5) is 1.92. The topological polar surface area (TPSA) is 68.2 Å². The third-order valence-corrected chi connectivity index (χ3v) is 1.85. The third kappa shape index (κ3) is 2.93. The summed E-state index contributed by atoms with van der Waals surface area (Å²) in [5, 5.41) is 7.36. The Morgan fingerprint density at radius 3 is 2.69 bits per heavy atom. The summed E-state index contributed by atoms with van der Waals surface area (Å²) in [6, 6.07) is 0.617. The SMILES string of the molecule is CCCCCN(C)c1nnc(N)o1. The summed E-state index contributed by atoms with van der Waals surface area (Å²) in [5.74, 6) is 0. The van der Waals surface area contributed by atoms with Crippen LogP contribution in [-0.4, -0.2) is 23.8 Å². The first kappa shape index (κ1) is 9.83. The number of unbranched alkanes of at least 4 members (excludes halogenated alkanes) is 2. The largest absolute Gasteiger partial charge is 0.390 e. The van der Waals surface area contributed by atoms with E-state index in [4.69, 9.17) is 10.2 Å². The number of aromatic nitrogens is 2. The van der Waals surface area contributed by atoms with Crippen LogP contribution in [0.3, 0.4) is 0 Å². The summed E-state index contributed by atoms with van der Waals surface area (Å²) < 4.78 is 5.06. The number of nitrogen functional groups attached to an aromatic ring is 1. The summed E-state index contributed by atoms with van der Waals surface area (Å²) in [6.07, 6.45) is 3.56. The number of nitrogens with two attached hydrogens (primary N) is 1. The first-order chi connectivity index (χ1) is 6.24. The molecule has 0 aliphatic rings. The summed E-state index contributed by atoms with van der Waals surface area (Å²) in [6.45, 7) is 3.10. The molecule has 0 fully saturated rings. The Labute approximate surface area is 77.9 Å². The molecule has 13 heavy (non-hydrogen) atoms. The van der Waals surface area contributed by atoms with E-state index in [1.54, 1.807) is 0 Å². The second kappa shape index (κ2) is 4.69. The molecule has 0 unspecified atom stereocenters. The molecule has 0 spiro atoms. The highest BCUT2D eigenvalue weighted by molar-refractivity contribution is 5.25. The van der Waals surface area contributed by atoms with Gasteiger partial charge in [0.25, 0.3) is 0 Å². The average molecular weight is 184 g/mol. The zero-order chi connectivity index (χ0) is 9.68. The second-order valence-electron chi connectivity index (χ2n) is 3.05. The lowest BCUT2D eigenvalue weighted by Crippen LogP contribution is -2.18. The zero-order valence-corrected chi connectivity index (χ0v) is 8.16. The average Bonchev–Trinajstić information content (AvgIpc) is 2.52. The molecule has 0 atom stereocenters. The molecule has 0 bridgehead atoms. The van der Waals surface area contributed by atoms with Crippen molar-refractivity contribution >= 4 is 12.0 Å². The maximum atomic E-state index is 5.30. The first-order valence-electron chi connectivity index (χ1n) is 4.54. The van der Waals surface area contributed by atoms with Gasteiger partial charge in [-0.15, -0.1) is 0 Å². The Bertz CT molecular complexity index is 248. The Hall–Kier alpha value is -1.26. The summed E-state index contributed by atoms with van der Waals surface area (Å²) in [7, 11) is 1.92. The molecule has 0 aliphatic heterocycles. The molecule has 0 aromatic carbocycles. The summed E-state index contributed by atoms with van der Waals surface area (Å²) in [5.41, 5.74) is 5.30. The van der Waals surface area contributed by atoms with Crippen LogP contribution in [0.25, 0.3) is 0 Å². The predicted octanol–water partition coefficient (Wildman–Crippen LogP) is 1.28. The van der Waals surface area contributed by atoms with Crippen molar-refractivity contribution in [3.05, 3.63) is 0 Å². The lowest BCUT2D eigenvalue weighted by molar-refractivity contribution is 0.553. The fourth-order valence-corrected chi connectivity index (χ4v) is 1.08. The van der Waals surface area contributed by atoms with Crippen LogP contribution in [0.5, 0.6) is 0 Å². The molecule has 5 nitrogen and oxygen atoms in total. The van der Waals surface area contributed by atoms with Gasteiger partial charge in [0, 0.05) is 13.6 Å². The van der Waals surface area contributed by atoms with E-state index in [-0.39, 0.29) is 6.01 Å². The Kier molecular flexibility index (Phi) is 3.54. The molecule has 2 N–H and O–H groups in total. The highest BCUT2D eigenvalue weighted by Crippen LogP contribution is 2.11. The second-order valence-corrected chi connectivity index (χ2v) is 3.05. The van der Waals surface area contributed by atoms with Gasteiger partial charge in [0.15, 0.2) is 0 Å². The van der Waals surface area contributed by atoms with Gasteiger partial charge in [-0.2, -0.15) is 0 Å². The van der Waals surface area contributed by atoms with Gasteiger partial charge in [-0.3, -0.25) is 0 Å². The van der Waals surface area contributed by atoms with Crippen LogP contribution in [0.2, 0.25) is 0 Å². The van der Waals surface area contributed by atoms with Crippen LogP contribution in [0.1, 0.15) is 26.2 Å². The Balaban J connectivity index is 2.35. The van der Waals surface area contributed by atoms with E-state index in [9.17, 15) is 0 Å². The quantitative estimate of drug-likeness (QED) is 0.698. The van der Waals surface area contributed by atoms with E-state index < -0.39 is 0 Å². The van der Waals surface area contributed by atoms with Gasteiger partial charge < -0.3 is 15.1 Å². The predicted molar refractivity (Wildman–Crippen MR) is 51.5 cm³/mol. The number of hydrogen-bond donors (Lipinski definition) is 1. The first-order valence-corrected chi connectivity index (χ1v) is 4.54. The van der Waals surface area contributed by atoms with Gasteiger partial charge in [0.05, 0.1) is 0 Å². The fraction of sp³-hybridized carbons (Fsp3) is 0.750. The van der Waals surface area contributed by atoms with Crippen molar-refractivity contribution in [3.8, 4) is 0 Å². The standard InChI is InChI=1S/C8H16N4O/c1-3-4-5-6-12(2)8-11-10-7(9)13-8/h3-6H2,1-2H3,(H2,9,10). The highest BCUT2D eigenvalue weighted by atomic mass is 16.4. The molecule has 1 aromatic rings. The summed E-state index contributed by atoms with van der Waals surface area (Å²) >= 11 is 0. The van der Waals surface area contributed by atoms with Crippen molar-refractivity contribution in [2.24, 2.45) is 0 Å². The van der Waals surface area contributed by atoms with Crippen molar-refractivity contribution in [3.63, 3.8) is 0 Å². The maximum absolute atomic E-state index is 5.30. The fourth-order valence-electron chi connectivity index (χ4n) is 1.08. The van der Waals surface area contributed by atoms with Crippen molar-refractivity contribution < 1.29 is 4.42 Å². The molecule has 1 heterocycles. The number of hydrogen-bond acceptors (Lipinski definition) is 5. The van der Waals surface area contributed by atoms with E-state index in [1.165, 1.54) is 12.8 Å². The molecular weight excluding hydrogens is 168 g/mol. The maximum Gasteiger partial charge on any atom is 0.319 e. The van der Waals surface area contributed by atoms with Gasteiger partial charge in [0.2, 0.25) is 0 Å². The minimum absolute atomic E-state index is 0.123. The van der Waals surface area contributed by atoms with E-state index in [1.807, 2.05) is 11.9 Å². The molecule has 0 radical (unpaired) electrons. The lowest BCUT2D eigenvalue weighted by atomic mass is 10.2. The van der Waals surface area contributed by atoms with Gasteiger partial charge in [0.1, 0.15) is 0 Å². The van der Waals surface area contributed by atoms with Crippen LogP contribution < -0.4 is 10.6 Å². The lowest BCUT2D eigenvalue weighted by Gasteiger charge is -2.12. The molecular formula is C8H16N4O.